The van der Waals surface area contributed by atoms with Crippen LogP contribution in [0.5, 0.6) is 0 Å². The fourth-order valence-corrected chi connectivity index (χ4v) is 1.23. The second-order valence-corrected chi connectivity index (χ2v) is 4.08. The second kappa shape index (κ2) is 3.83. The summed E-state index contributed by atoms with van der Waals surface area (Å²) in [6.07, 6.45) is 0. The van der Waals surface area contributed by atoms with Gasteiger partial charge in [-0.2, -0.15) is 8.42 Å². The van der Waals surface area contributed by atoms with Crippen LogP contribution in [-0.2, 0) is 14.9 Å². The minimum absolute atomic E-state index is 0.535. The highest BCUT2D eigenvalue weighted by Gasteiger charge is 2.21. The first kappa shape index (κ1) is 11.3. The summed E-state index contributed by atoms with van der Waals surface area (Å²) in [5.74, 6) is -1.28. The third-order valence-electron chi connectivity index (χ3n) is 1.15. The van der Waals surface area contributed by atoms with E-state index in [1.54, 1.807) is 0 Å². The maximum atomic E-state index is 10.9. The Labute approximate surface area is 71.1 Å². The SMILES string of the molecule is CN(C)C(=O)[C@@H](N)CS(=O)(=O)O. The summed E-state index contributed by atoms with van der Waals surface area (Å²) in [6.45, 7) is 0. The van der Waals surface area contributed by atoms with E-state index < -0.39 is 27.8 Å². The lowest BCUT2D eigenvalue weighted by molar-refractivity contribution is -0.129. The minimum Gasteiger partial charge on any atom is -0.347 e. The molecule has 1 atom stereocenters. The molecule has 0 rings (SSSR count). The van der Waals surface area contributed by atoms with Crippen molar-refractivity contribution < 1.29 is 17.8 Å². The smallest absolute Gasteiger partial charge is 0.266 e. The van der Waals surface area contributed by atoms with E-state index in [0.29, 0.717) is 0 Å². The number of carbonyl (C=O) groups excluding carboxylic acids is 1. The highest BCUT2D eigenvalue weighted by atomic mass is 32.2. The molecule has 0 aromatic carbocycles. The molecule has 0 saturated heterocycles. The molecular weight excluding hydrogens is 184 g/mol. The van der Waals surface area contributed by atoms with Crippen molar-refractivity contribution in [2.24, 2.45) is 5.73 Å². The Kier molecular flexibility index (Phi) is 3.62. The molecule has 0 aliphatic rings. The van der Waals surface area contributed by atoms with E-state index in [-0.39, 0.29) is 0 Å². The van der Waals surface area contributed by atoms with Crippen molar-refractivity contribution in [2.75, 3.05) is 19.8 Å². The summed E-state index contributed by atoms with van der Waals surface area (Å²) in [5.41, 5.74) is 5.17. The quantitative estimate of drug-likeness (QED) is 0.523. The molecule has 0 unspecified atom stereocenters. The van der Waals surface area contributed by atoms with Gasteiger partial charge in [0, 0.05) is 14.1 Å². The Morgan fingerprint density at radius 1 is 1.58 bits per heavy atom. The lowest BCUT2D eigenvalue weighted by Gasteiger charge is -2.14. The van der Waals surface area contributed by atoms with Crippen molar-refractivity contribution in [1.29, 1.82) is 0 Å². The average Bonchev–Trinajstić information content (AvgIpc) is 1.82. The highest BCUT2D eigenvalue weighted by Crippen LogP contribution is 1.91. The summed E-state index contributed by atoms with van der Waals surface area (Å²) in [4.78, 5) is 12.1. The van der Waals surface area contributed by atoms with Gasteiger partial charge < -0.3 is 10.6 Å². The minimum atomic E-state index is -4.17. The molecule has 0 saturated carbocycles. The van der Waals surface area contributed by atoms with Gasteiger partial charge in [0.05, 0.1) is 5.75 Å². The van der Waals surface area contributed by atoms with E-state index in [9.17, 15) is 13.2 Å². The second-order valence-electron chi connectivity index (χ2n) is 2.59. The number of carbonyl (C=O) groups is 1. The number of hydrogen-bond donors (Lipinski definition) is 2. The number of rotatable bonds is 3. The van der Waals surface area contributed by atoms with Crippen molar-refractivity contribution >= 4 is 16.0 Å². The normalized spacial score (nSPS) is 14.0. The van der Waals surface area contributed by atoms with E-state index in [2.05, 4.69) is 0 Å². The highest BCUT2D eigenvalue weighted by molar-refractivity contribution is 7.85. The van der Waals surface area contributed by atoms with E-state index in [1.807, 2.05) is 0 Å². The molecule has 72 valence electrons. The average molecular weight is 196 g/mol. The molecule has 0 aromatic heterocycles. The van der Waals surface area contributed by atoms with Crippen LogP contribution in [0.25, 0.3) is 0 Å². The van der Waals surface area contributed by atoms with Crippen LogP contribution < -0.4 is 5.73 Å². The van der Waals surface area contributed by atoms with Gasteiger partial charge in [0.1, 0.15) is 6.04 Å². The monoisotopic (exact) mass is 196 g/mol. The van der Waals surface area contributed by atoms with E-state index in [0.717, 1.165) is 4.90 Å². The Morgan fingerprint density at radius 3 is 2.25 bits per heavy atom. The zero-order valence-electron chi connectivity index (χ0n) is 6.89. The predicted molar refractivity (Wildman–Crippen MR) is 43.1 cm³/mol. The number of hydrogen-bond acceptors (Lipinski definition) is 4. The third kappa shape index (κ3) is 4.27. The van der Waals surface area contributed by atoms with Crippen molar-refractivity contribution in [3.63, 3.8) is 0 Å². The summed E-state index contributed by atoms with van der Waals surface area (Å²) < 4.78 is 28.9. The topological polar surface area (TPSA) is 101 Å². The first-order valence-electron chi connectivity index (χ1n) is 3.16. The molecule has 0 fully saturated rings. The first-order valence-corrected chi connectivity index (χ1v) is 4.77. The first-order chi connectivity index (χ1) is 5.24. The molecule has 7 heteroatoms. The molecular formula is C5H12N2O4S. The summed E-state index contributed by atoms with van der Waals surface area (Å²) >= 11 is 0. The Hall–Kier alpha value is -0.660. The molecule has 12 heavy (non-hydrogen) atoms. The molecule has 0 aliphatic heterocycles. The van der Waals surface area contributed by atoms with Gasteiger partial charge in [-0.25, -0.2) is 0 Å². The fraction of sp³-hybridized carbons (Fsp3) is 0.800. The van der Waals surface area contributed by atoms with Crippen molar-refractivity contribution in [1.82, 2.24) is 4.90 Å². The molecule has 0 aliphatic carbocycles. The van der Waals surface area contributed by atoms with E-state index in [4.69, 9.17) is 10.3 Å². The van der Waals surface area contributed by atoms with Gasteiger partial charge in [0.25, 0.3) is 10.1 Å². The zero-order chi connectivity index (χ0) is 9.94. The van der Waals surface area contributed by atoms with Gasteiger partial charge in [-0.05, 0) is 0 Å². The Bertz CT molecular complexity index is 259. The third-order valence-corrected chi connectivity index (χ3v) is 1.93. The van der Waals surface area contributed by atoms with Gasteiger partial charge in [-0.1, -0.05) is 0 Å². The van der Waals surface area contributed by atoms with Gasteiger partial charge in [0.15, 0.2) is 0 Å². The van der Waals surface area contributed by atoms with Gasteiger partial charge in [-0.3, -0.25) is 9.35 Å². The molecule has 0 spiro atoms. The Balaban J connectivity index is 4.24. The zero-order valence-corrected chi connectivity index (χ0v) is 7.71. The van der Waals surface area contributed by atoms with E-state index in [1.165, 1.54) is 14.1 Å². The van der Waals surface area contributed by atoms with Crippen LogP contribution in [0, 0.1) is 0 Å². The van der Waals surface area contributed by atoms with Crippen LogP contribution in [0.1, 0.15) is 0 Å². The summed E-state index contributed by atoms with van der Waals surface area (Å²) in [7, 11) is -1.27. The number of likely N-dealkylation sites (N-methyl/N-ethyl adjacent to an activating group) is 1. The van der Waals surface area contributed by atoms with Crippen molar-refractivity contribution in [3.05, 3.63) is 0 Å². The molecule has 3 N–H and O–H groups in total. The van der Waals surface area contributed by atoms with Crippen LogP contribution in [0.2, 0.25) is 0 Å². The van der Waals surface area contributed by atoms with Crippen molar-refractivity contribution in [2.45, 2.75) is 6.04 Å². The molecule has 0 aromatic rings. The van der Waals surface area contributed by atoms with Crippen LogP contribution in [0.4, 0.5) is 0 Å². The van der Waals surface area contributed by atoms with Crippen LogP contribution in [-0.4, -0.2) is 49.7 Å². The number of amides is 1. The Morgan fingerprint density at radius 2 is 2.00 bits per heavy atom. The maximum Gasteiger partial charge on any atom is 0.266 e. The largest absolute Gasteiger partial charge is 0.347 e. The summed E-state index contributed by atoms with van der Waals surface area (Å²) in [5, 5.41) is 0. The van der Waals surface area contributed by atoms with Crippen molar-refractivity contribution in [3.8, 4) is 0 Å². The summed E-state index contributed by atoms with van der Waals surface area (Å²) in [6, 6.07) is -1.20. The number of nitrogens with two attached hydrogens (primary N) is 1. The lowest BCUT2D eigenvalue weighted by Crippen LogP contribution is -2.44. The lowest BCUT2D eigenvalue weighted by atomic mass is 10.3. The molecule has 0 heterocycles. The van der Waals surface area contributed by atoms with Gasteiger partial charge in [-0.15, -0.1) is 0 Å². The molecule has 6 nitrogen and oxygen atoms in total. The predicted octanol–water partition coefficient (Wildman–Crippen LogP) is -1.71. The number of nitrogens with zero attached hydrogens (tertiary/aromatic N) is 1. The maximum absolute atomic E-state index is 10.9. The molecule has 0 bridgehead atoms. The fourth-order valence-electron chi connectivity index (χ4n) is 0.630. The molecule has 0 radical (unpaired) electrons. The van der Waals surface area contributed by atoms with Crippen LogP contribution in [0.15, 0.2) is 0 Å². The van der Waals surface area contributed by atoms with E-state index >= 15 is 0 Å². The van der Waals surface area contributed by atoms with Crippen LogP contribution >= 0.6 is 0 Å². The van der Waals surface area contributed by atoms with Gasteiger partial charge >= 0.3 is 0 Å². The molecule has 1 amide bonds. The standard InChI is InChI=1S/C5H12N2O4S/c1-7(2)5(8)4(6)3-12(9,10)11/h4H,3,6H2,1-2H3,(H,9,10,11)/t4-/m0/s1. The van der Waals surface area contributed by atoms with Crippen LogP contribution in [0.3, 0.4) is 0 Å². The van der Waals surface area contributed by atoms with Gasteiger partial charge in [0.2, 0.25) is 5.91 Å².